The van der Waals surface area contributed by atoms with E-state index in [0.29, 0.717) is 18.7 Å². The van der Waals surface area contributed by atoms with Gasteiger partial charge in [-0.3, -0.25) is 0 Å². The Balaban J connectivity index is 2.69. The molecule has 0 aromatic carbocycles. The van der Waals surface area contributed by atoms with Gasteiger partial charge in [0, 0.05) is 19.6 Å². The molecule has 1 saturated heterocycles. The van der Waals surface area contributed by atoms with Gasteiger partial charge in [0.25, 0.3) is 0 Å². The highest BCUT2D eigenvalue weighted by atomic mass is 16.5. The molecular formula is C10H17NO2. The number of rotatable bonds is 3. The van der Waals surface area contributed by atoms with Crippen molar-refractivity contribution in [3.63, 3.8) is 0 Å². The van der Waals surface area contributed by atoms with Crippen LogP contribution in [0.5, 0.6) is 0 Å². The molecule has 0 amide bonds. The van der Waals surface area contributed by atoms with Gasteiger partial charge in [-0.15, -0.1) is 0 Å². The van der Waals surface area contributed by atoms with Gasteiger partial charge in [0.05, 0.1) is 11.3 Å². The Morgan fingerprint density at radius 1 is 1.62 bits per heavy atom. The second-order valence-corrected chi connectivity index (χ2v) is 3.40. The number of hydrogen-bond donors (Lipinski definition) is 1. The number of ether oxygens (including phenoxy) is 1. The number of carbonyl (C=O) groups excluding carboxylic acids is 1. The van der Waals surface area contributed by atoms with Crippen LogP contribution in [0.1, 0.15) is 33.1 Å². The number of hydrogen-bond acceptors (Lipinski definition) is 3. The lowest BCUT2D eigenvalue weighted by Gasteiger charge is -2.36. The van der Waals surface area contributed by atoms with Crippen molar-refractivity contribution in [1.29, 1.82) is 0 Å². The van der Waals surface area contributed by atoms with Crippen LogP contribution in [0.15, 0.2) is 5.70 Å². The van der Waals surface area contributed by atoms with Gasteiger partial charge in [-0.2, -0.15) is 0 Å². The van der Waals surface area contributed by atoms with E-state index in [0.717, 1.165) is 19.4 Å². The van der Waals surface area contributed by atoms with Crippen LogP contribution in [-0.4, -0.2) is 24.7 Å². The van der Waals surface area contributed by atoms with Crippen molar-refractivity contribution in [2.45, 2.75) is 38.7 Å². The molecule has 1 heterocycles. The fourth-order valence-electron chi connectivity index (χ4n) is 1.82. The molecule has 1 N–H and O–H groups in total. The van der Waals surface area contributed by atoms with Crippen molar-refractivity contribution in [2.75, 3.05) is 13.2 Å². The zero-order valence-electron chi connectivity index (χ0n) is 8.35. The quantitative estimate of drug-likeness (QED) is 0.670. The molecule has 3 nitrogen and oxygen atoms in total. The Labute approximate surface area is 79.2 Å². The van der Waals surface area contributed by atoms with E-state index in [2.05, 4.69) is 12.2 Å². The van der Waals surface area contributed by atoms with E-state index in [9.17, 15) is 4.79 Å². The molecule has 1 atom stereocenters. The van der Waals surface area contributed by atoms with Gasteiger partial charge in [0.2, 0.25) is 0 Å². The minimum Gasteiger partial charge on any atom is -0.379 e. The first-order valence-corrected chi connectivity index (χ1v) is 4.88. The van der Waals surface area contributed by atoms with Crippen LogP contribution in [0.4, 0.5) is 0 Å². The summed E-state index contributed by atoms with van der Waals surface area (Å²) in [6, 6.07) is 0. The second-order valence-electron chi connectivity index (χ2n) is 3.40. The van der Waals surface area contributed by atoms with Gasteiger partial charge in [-0.1, -0.05) is 6.92 Å². The summed E-state index contributed by atoms with van der Waals surface area (Å²) in [7, 11) is 0. The van der Waals surface area contributed by atoms with Crippen LogP contribution in [0.3, 0.4) is 0 Å². The van der Waals surface area contributed by atoms with Crippen molar-refractivity contribution >= 4 is 5.94 Å². The Kier molecular flexibility index (Phi) is 3.52. The average molecular weight is 183 g/mol. The van der Waals surface area contributed by atoms with Crippen molar-refractivity contribution in [3.05, 3.63) is 5.70 Å². The van der Waals surface area contributed by atoms with Crippen molar-refractivity contribution in [3.8, 4) is 0 Å². The molecule has 1 fully saturated rings. The lowest BCUT2D eigenvalue weighted by Crippen LogP contribution is -2.42. The van der Waals surface area contributed by atoms with E-state index in [4.69, 9.17) is 4.74 Å². The van der Waals surface area contributed by atoms with Crippen LogP contribution in [-0.2, 0) is 9.53 Å². The van der Waals surface area contributed by atoms with Crippen LogP contribution >= 0.6 is 0 Å². The molecule has 0 spiro atoms. The third-order valence-corrected chi connectivity index (χ3v) is 2.64. The predicted octanol–water partition coefficient (Wildman–Crippen LogP) is 1.27. The van der Waals surface area contributed by atoms with E-state index < -0.39 is 0 Å². The first kappa shape index (κ1) is 10.3. The fourth-order valence-corrected chi connectivity index (χ4v) is 1.82. The summed E-state index contributed by atoms with van der Waals surface area (Å²) in [5, 5.41) is 3.03. The fraction of sp³-hybridized carbons (Fsp3) is 0.800. The van der Waals surface area contributed by atoms with E-state index in [-0.39, 0.29) is 5.60 Å². The van der Waals surface area contributed by atoms with E-state index in [1.807, 2.05) is 12.9 Å². The molecule has 0 aromatic rings. The molecular weight excluding hydrogens is 166 g/mol. The molecule has 0 aliphatic carbocycles. The largest absolute Gasteiger partial charge is 0.379 e. The molecule has 0 radical (unpaired) electrons. The highest BCUT2D eigenvalue weighted by Crippen LogP contribution is 2.29. The molecule has 1 rings (SSSR count). The van der Waals surface area contributed by atoms with Gasteiger partial charge in [0.1, 0.15) is 5.94 Å². The molecule has 0 bridgehead atoms. The molecule has 1 aliphatic rings. The molecule has 1 unspecified atom stereocenters. The standard InChI is InChI=1S/C10H17NO2/c1-3-10(13-4-2)5-6-11-9(7-10)8-12/h11H,3-7H2,1-2H3. The van der Waals surface area contributed by atoms with Crippen LogP contribution in [0, 0.1) is 0 Å². The highest BCUT2D eigenvalue weighted by Gasteiger charge is 2.33. The molecule has 74 valence electrons. The van der Waals surface area contributed by atoms with Gasteiger partial charge in [-0.05, 0) is 19.8 Å². The Bertz CT molecular complexity index is 217. The minimum absolute atomic E-state index is 0.118. The zero-order chi connectivity index (χ0) is 9.73. The molecule has 13 heavy (non-hydrogen) atoms. The average Bonchev–Trinajstić information content (AvgIpc) is 2.19. The summed E-state index contributed by atoms with van der Waals surface area (Å²) >= 11 is 0. The molecule has 0 saturated carbocycles. The Hall–Kier alpha value is -0.790. The smallest absolute Gasteiger partial charge is 0.145 e. The zero-order valence-corrected chi connectivity index (χ0v) is 8.35. The monoisotopic (exact) mass is 183 g/mol. The Morgan fingerprint density at radius 3 is 2.92 bits per heavy atom. The van der Waals surface area contributed by atoms with Crippen molar-refractivity contribution < 1.29 is 9.53 Å². The predicted molar refractivity (Wildman–Crippen MR) is 51.1 cm³/mol. The maximum Gasteiger partial charge on any atom is 0.145 e. The molecule has 3 heteroatoms. The second kappa shape index (κ2) is 4.45. The van der Waals surface area contributed by atoms with Crippen molar-refractivity contribution in [1.82, 2.24) is 5.32 Å². The van der Waals surface area contributed by atoms with E-state index >= 15 is 0 Å². The number of nitrogens with one attached hydrogen (secondary N) is 1. The van der Waals surface area contributed by atoms with E-state index in [1.165, 1.54) is 0 Å². The normalized spacial score (nSPS) is 28.0. The Morgan fingerprint density at radius 2 is 2.38 bits per heavy atom. The van der Waals surface area contributed by atoms with Crippen molar-refractivity contribution in [2.24, 2.45) is 0 Å². The summed E-state index contributed by atoms with van der Waals surface area (Å²) in [6.45, 7) is 5.62. The topological polar surface area (TPSA) is 38.3 Å². The maximum absolute atomic E-state index is 10.5. The summed E-state index contributed by atoms with van der Waals surface area (Å²) in [6.07, 6.45) is 2.61. The van der Waals surface area contributed by atoms with Gasteiger partial charge >= 0.3 is 0 Å². The molecule has 1 aliphatic heterocycles. The lowest BCUT2D eigenvalue weighted by atomic mass is 9.88. The van der Waals surface area contributed by atoms with E-state index in [1.54, 1.807) is 0 Å². The minimum atomic E-state index is -0.118. The SMILES string of the molecule is CCOC1(CC)CCNC(=C=O)C1. The third-order valence-electron chi connectivity index (χ3n) is 2.64. The summed E-state index contributed by atoms with van der Waals surface area (Å²) in [5.41, 5.74) is 0.536. The summed E-state index contributed by atoms with van der Waals surface area (Å²) in [4.78, 5) is 10.5. The van der Waals surface area contributed by atoms with Gasteiger partial charge < -0.3 is 10.1 Å². The van der Waals surface area contributed by atoms with Gasteiger partial charge in [-0.25, -0.2) is 4.79 Å². The van der Waals surface area contributed by atoms with Crippen LogP contribution < -0.4 is 5.32 Å². The van der Waals surface area contributed by atoms with Crippen LogP contribution in [0.25, 0.3) is 0 Å². The lowest BCUT2D eigenvalue weighted by molar-refractivity contribution is -0.0546. The first-order chi connectivity index (χ1) is 6.26. The van der Waals surface area contributed by atoms with Crippen LogP contribution in [0.2, 0.25) is 0 Å². The maximum atomic E-state index is 10.5. The first-order valence-electron chi connectivity index (χ1n) is 4.88. The number of piperidine rings is 1. The summed E-state index contributed by atoms with van der Waals surface area (Å²) < 4.78 is 5.71. The highest BCUT2D eigenvalue weighted by molar-refractivity contribution is 5.52. The molecule has 0 aromatic heterocycles. The third kappa shape index (κ3) is 2.33. The summed E-state index contributed by atoms with van der Waals surface area (Å²) in [5.74, 6) is 1.93. The van der Waals surface area contributed by atoms with Gasteiger partial charge in [0.15, 0.2) is 0 Å².